The largest absolute Gasteiger partial charge is 0.377 e. The zero-order chi connectivity index (χ0) is 14.2. The number of hydrogen-bond donors (Lipinski definition) is 1. The van der Waals surface area contributed by atoms with Gasteiger partial charge in [-0.25, -0.2) is 0 Å². The fourth-order valence-electron chi connectivity index (χ4n) is 2.79. The van der Waals surface area contributed by atoms with E-state index in [4.69, 9.17) is 11.6 Å². The Morgan fingerprint density at radius 3 is 2.60 bits per heavy atom. The normalized spacial score (nSPS) is 16.4. The van der Waals surface area contributed by atoms with Gasteiger partial charge in [-0.3, -0.25) is 0 Å². The van der Waals surface area contributed by atoms with Crippen molar-refractivity contribution in [3.05, 3.63) is 59.1 Å². The minimum Gasteiger partial charge on any atom is -0.377 e. The second-order valence-electron chi connectivity index (χ2n) is 5.97. The highest BCUT2D eigenvalue weighted by Crippen LogP contribution is 2.35. The molecule has 3 heteroatoms. The van der Waals surface area contributed by atoms with Crippen molar-refractivity contribution in [2.75, 3.05) is 16.8 Å². The molecular weight excluding hydrogens is 268 g/mol. The van der Waals surface area contributed by atoms with Crippen molar-refractivity contribution in [1.82, 2.24) is 0 Å². The van der Waals surface area contributed by atoms with Gasteiger partial charge in [0.05, 0.1) is 11.4 Å². The summed E-state index contributed by atoms with van der Waals surface area (Å²) in [5, 5.41) is 4.43. The number of halogens is 1. The van der Waals surface area contributed by atoms with E-state index >= 15 is 0 Å². The van der Waals surface area contributed by atoms with Crippen molar-refractivity contribution < 1.29 is 0 Å². The second kappa shape index (κ2) is 5.02. The van der Waals surface area contributed by atoms with Gasteiger partial charge in [0.15, 0.2) is 0 Å². The summed E-state index contributed by atoms with van der Waals surface area (Å²) in [5.41, 5.74) is 3.65. The van der Waals surface area contributed by atoms with Crippen LogP contribution in [-0.4, -0.2) is 12.1 Å². The SMILES string of the molecule is CC1(C)CN(Cc2ccccc2Cl)c2ccccc2N1. The lowest BCUT2D eigenvalue weighted by molar-refractivity contribution is 0.530. The molecule has 1 N–H and O–H groups in total. The number of anilines is 2. The first-order valence-electron chi connectivity index (χ1n) is 6.91. The molecule has 0 bridgehead atoms. The van der Waals surface area contributed by atoms with Crippen molar-refractivity contribution in [2.24, 2.45) is 0 Å². The topological polar surface area (TPSA) is 15.3 Å². The Balaban J connectivity index is 1.95. The van der Waals surface area contributed by atoms with E-state index in [-0.39, 0.29) is 5.54 Å². The van der Waals surface area contributed by atoms with Crippen molar-refractivity contribution in [2.45, 2.75) is 25.9 Å². The molecule has 0 saturated heterocycles. The van der Waals surface area contributed by atoms with Crippen LogP contribution >= 0.6 is 11.6 Å². The fourth-order valence-corrected chi connectivity index (χ4v) is 2.99. The summed E-state index contributed by atoms with van der Waals surface area (Å²) in [5.74, 6) is 0. The molecular formula is C17H19ClN2. The molecule has 2 aromatic rings. The third-order valence-electron chi connectivity index (χ3n) is 3.62. The zero-order valence-electron chi connectivity index (χ0n) is 11.9. The molecule has 0 radical (unpaired) electrons. The minimum absolute atomic E-state index is 0.0512. The van der Waals surface area contributed by atoms with Gasteiger partial charge < -0.3 is 10.2 Å². The number of benzene rings is 2. The molecule has 0 amide bonds. The molecule has 2 nitrogen and oxygen atoms in total. The standard InChI is InChI=1S/C17H19ClN2/c1-17(2)12-20(11-13-7-3-4-8-14(13)18)16-10-6-5-9-15(16)19-17/h3-10,19H,11-12H2,1-2H3. The molecule has 1 aliphatic rings. The van der Waals surface area contributed by atoms with Crippen LogP contribution in [0.25, 0.3) is 0 Å². The van der Waals surface area contributed by atoms with Gasteiger partial charge in [-0.15, -0.1) is 0 Å². The number of hydrogen-bond acceptors (Lipinski definition) is 2. The Bertz CT molecular complexity index is 622. The van der Waals surface area contributed by atoms with Crippen LogP contribution in [0.3, 0.4) is 0 Å². The Morgan fingerprint density at radius 1 is 1.10 bits per heavy atom. The van der Waals surface area contributed by atoms with Gasteiger partial charge in [0, 0.05) is 23.7 Å². The van der Waals surface area contributed by atoms with E-state index in [9.17, 15) is 0 Å². The highest BCUT2D eigenvalue weighted by molar-refractivity contribution is 6.31. The molecule has 3 rings (SSSR count). The number of nitrogens with one attached hydrogen (secondary N) is 1. The highest BCUT2D eigenvalue weighted by atomic mass is 35.5. The number of nitrogens with zero attached hydrogens (tertiary/aromatic N) is 1. The first-order valence-corrected chi connectivity index (χ1v) is 7.28. The van der Waals surface area contributed by atoms with Crippen molar-refractivity contribution in [1.29, 1.82) is 0 Å². The molecule has 0 aliphatic carbocycles. The quantitative estimate of drug-likeness (QED) is 0.871. The van der Waals surface area contributed by atoms with Crippen LogP contribution in [0.15, 0.2) is 48.5 Å². The molecule has 0 unspecified atom stereocenters. The maximum Gasteiger partial charge on any atom is 0.0606 e. The van der Waals surface area contributed by atoms with Crippen molar-refractivity contribution in [3.63, 3.8) is 0 Å². The monoisotopic (exact) mass is 286 g/mol. The van der Waals surface area contributed by atoms with E-state index in [0.29, 0.717) is 0 Å². The summed E-state index contributed by atoms with van der Waals surface area (Å²) in [4.78, 5) is 2.40. The molecule has 1 heterocycles. The Morgan fingerprint density at radius 2 is 1.80 bits per heavy atom. The van der Waals surface area contributed by atoms with Crippen LogP contribution in [0.4, 0.5) is 11.4 Å². The molecule has 104 valence electrons. The average molecular weight is 287 g/mol. The fraction of sp³-hybridized carbons (Fsp3) is 0.294. The van der Waals surface area contributed by atoms with Crippen LogP contribution in [0.5, 0.6) is 0 Å². The summed E-state index contributed by atoms with van der Waals surface area (Å²) in [6, 6.07) is 16.5. The Kier molecular flexibility index (Phi) is 3.35. The molecule has 0 spiro atoms. The van der Waals surface area contributed by atoms with Gasteiger partial charge in [-0.1, -0.05) is 41.9 Å². The van der Waals surface area contributed by atoms with E-state index in [2.05, 4.69) is 54.4 Å². The van der Waals surface area contributed by atoms with E-state index in [1.807, 2.05) is 18.2 Å². The van der Waals surface area contributed by atoms with Crippen LogP contribution in [0.1, 0.15) is 19.4 Å². The third-order valence-corrected chi connectivity index (χ3v) is 3.99. The van der Waals surface area contributed by atoms with E-state index in [0.717, 1.165) is 18.1 Å². The molecule has 0 saturated carbocycles. The van der Waals surface area contributed by atoms with Gasteiger partial charge in [0.2, 0.25) is 0 Å². The molecule has 2 aromatic carbocycles. The maximum atomic E-state index is 6.30. The van der Waals surface area contributed by atoms with Gasteiger partial charge >= 0.3 is 0 Å². The Labute approximate surface area is 125 Å². The first-order chi connectivity index (χ1) is 9.55. The summed E-state index contributed by atoms with van der Waals surface area (Å²) in [7, 11) is 0. The van der Waals surface area contributed by atoms with E-state index in [1.54, 1.807) is 0 Å². The average Bonchev–Trinajstić information content (AvgIpc) is 2.40. The smallest absolute Gasteiger partial charge is 0.0606 e. The van der Waals surface area contributed by atoms with Crippen LogP contribution in [-0.2, 0) is 6.54 Å². The van der Waals surface area contributed by atoms with Crippen LogP contribution in [0.2, 0.25) is 5.02 Å². The van der Waals surface area contributed by atoms with Gasteiger partial charge in [0.25, 0.3) is 0 Å². The predicted molar refractivity (Wildman–Crippen MR) is 86.6 cm³/mol. The molecule has 0 aromatic heterocycles. The van der Waals surface area contributed by atoms with Crippen LogP contribution < -0.4 is 10.2 Å². The lowest BCUT2D eigenvalue weighted by Crippen LogP contribution is -2.48. The summed E-state index contributed by atoms with van der Waals surface area (Å²) in [6.07, 6.45) is 0. The molecule has 1 aliphatic heterocycles. The van der Waals surface area contributed by atoms with E-state index in [1.165, 1.54) is 16.9 Å². The number of para-hydroxylation sites is 2. The van der Waals surface area contributed by atoms with Gasteiger partial charge in [-0.05, 0) is 37.6 Å². The zero-order valence-corrected chi connectivity index (χ0v) is 12.6. The van der Waals surface area contributed by atoms with Crippen molar-refractivity contribution in [3.8, 4) is 0 Å². The third kappa shape index (κ3) is 2.61. The lowest BCUT2D eigenvalue weighted by atomic mass is 9.98. The summed E-state index contributed by atoms with van der Waals surface area (Å²) >= 11 is 6.30. The highest BCUT2D eigenvalue weighted by Gasteiger charge is 2.29. The first kappa shape index (κ1) is 13.3. The molecule has 0 fully saturated rings. The second-order valence-corrected chi connectivity index (χ2v) is 6.38. The summed E-state index contributed by atoms with van der Waals surface area (Å²) in [6.45, 7) is 6.24. The number of fused-ring (bicyclic) bond motifs is 1. The van der Waals surface area contributed by atoms with Gasteiger partial charge in [0.1, 0.15) is 0 Å². The predicted octanol–water partition coefficient (Wildman–Crippen LogP) is 4.55. The minimum atomic E-state index is 0.0512. The van der Waals surface area contributed by atoms with Crippen LogP contribution in [0, 0.1) is 0 Å². The molecule has 0 atom stereocenters. The molecule has 20 heavy (non-hydrogen) atoms. The Hall–Kier alpha value is -1.67. The maximum absolute atomic E-state index is 6.30. The number of rotatable bonds is 2. The lowest BCUT2D eigenvalue weighted by Gasteiger charge is -2.42. The van der Waals surface area contributed by atoms with Crippen molar-refractivity contribution >= 4 is 23.0 Å². The summed E-state index contributed by atoms with van der Waals surface area (Å²) < 4.78 is 0. The van der Waals surface area contributed by atoms with Gasteiger partial charge in [-0.2, -0.15) is 0 Å². The van der Waals surface area contributed by atoms with E-state index < -0.39 is 0 Å².